The van der Waals surface area contributed by atoms with Crippen LogP contribution in [0.15, 0.2) is 30.3 Å². The minimum absolute atomic E-state index is 0.0201. The van der Waals surface area contributed by atoms with Gasteiger partial charge in [-0.05, 0) is 77.3 Å². The molecular weight excluding hydrogens is 542 g/mol. The van der Waals surface area contributed by atoms with Crippen LogP contribution in [0.1, 0.15) is 114 Å². The standard InChI is InChI=1S/C35H57N3O5/c1-10-24(4)30(36-26-19-15-12-16-20-26)32(40)37-31(39)27(23(2)3)22-29-28(21-25-17-13-11-14-18-25)38(35(8,9)42-29)33(41)43-34(5,6)7/h12,15-16,19-20,23-25,27-30,36H,10-11,13-14,17-18,21-22H2,1-9H3,(H,37,39,40)/t24-,27-,28-,29-,30-/m0/s1. The number of anilines is 1. The zero-order chi connectivity index (χ0) is 31.9. The number of carbonyl (C=O) groups is 3. The Bertz CT molecular complexity index is 1060. The highest BCUT2D eigenvalue weighted by Crippen LogP contribution is 2.42. The fraction of sp³-hybridized carbons (Fsp3) is 0.743. The number of nitrogens with zero attached hydrogens (tertiary/aromatic N) is 1. The fourth-order valence-corrected chi connectivity index (χ4v) is 6.60. The minimum atomic E-state index is -0.887. The molecule has 0 spiro atoms. The maximum Gasteiger partial charge on any atom is 0.412 e. The summed E-state index contributed by atoms with van der Waals surface area (Å²) in [6, 6.07) is 8.84. The highest BCUT2D eigenvalue weighted by Gasteiger charge is 2.52. The summed E-state index contributed by atoms with van der Waals surface area (Å²) in [4.78, 5) is 42.7. The zero-order valence-electron chi connectivity index (χ0n) is 28.1. The molecule has 1 aliphatic carbocycles. The number of carbonyl (C=O) groups excluding carboxylic acids is 3. The molecule has 0 radical (unpaired) electrons. The topological polar surface area (TPSA) is 97.0 Å². The minimum Gasteiger partial charge on any atom is -0.444 e. The van der Waals surface area contributed by atoms with Crippen molar-refractivity contribution in [2.24, 2.45) is 23.7 Å². The summed E-state index contributed by atoms with van der Waals surface area (Å²) in [5.74, 6) is -0.600. The molecule has 1 aliphatic heterocycles. The third-order valence-electron chi connectivity index (χ3n) is 9.14. The molecular formula is C35H57N3O5. The highest BCUT2D eigenvalue weighted by atomic mass is 16.6. The van der Waals surface area contributed by atoms with E-state index in [1.165, 1.54) is 19.3 Å². The molecule has 1 saturated carbocycles. The predicted molar refractivity (Wildman–Crippen MR) is 171 cm³/mol. The van der Waals surface area contributed by atoms with E-state index in [9.17, 15) is 14.4 Å². The van der Waals surface area contributed by atoms with E-state index in [-0.39, 0.29) is 41.9 Å². The Hall–Kier alpha value is -2.61. The number of hydrogen-bond donors (Lipinski definition) is 2. The van der Waals surface area contributed by atoms with Crippen molar-refractivity contribution >= 4 is 23.6 Å². The summed E-state index contributed by atoms with van der Waals surface area (Å²) in [7, 11) is 0. The first-order valence-corrected chi connectivity index (χ1v) is 16.5. The molecule has 8 heteroatoms. The number of rotatable bonds is 11. The van der Waals surface area contributed by atoms with Gasteiger partial charge in [-0.25, -0.2) is 4.79 Å². The van der Waals surface area contributed by atoms with Crippen molar-refractivity contribution in [3.63, 3.8) is 0 Å². The van der Waals surface area contributed by atoms with Crippen molar-refractivity contribution in [2.45, 2.75) is 143 Å². The van der Waals surface area contributed by atoms with E-state index in [1.54, 1.807) is 4.90 Å². The Morgan fingerprint density at radius 2 is 1.65 bits per heavy atom. The van der Waals surface area contributed by atoms with E-state index in [2.05, 4.69) is 10.6 Å². The largest absolute Gasteiger partial charge is 0.444 e. The Morgan fingerprint density at radius 3 is 2.21 bits per heavy atom. The summed E-state index contributed by atoms with van der Waals surface area (Å²) in [5, 5.41) is 6.08. The molecule has 0 aromatic heterocycles. The molecule has 2 fully saturated rings. The van der Waals surface area contributed by atoms with Gasteiger partial charge in [0, 0.05) is 11.6 Å². The van der Waals surface area contributed by atoms with Crippen LogP contribution in [-0.4, -0.2) is 52.3 Å². The predicted octanol–water partition coefficient (Wildman–Crippen LogP) is 7.53. The summed E-state index contributed by atoms with van der Waals surface area (Å²) < 4.78 is 12.5. The Morgan fingerprint density at radius 1 is 1.02 bits per heavy atom. The van der Waals surface area contributed by atoms with Gasteiger partial charge in [0.25, 0.3) is 0 Å². The maximum atomic E-state index is 13.8. The second kappa shape index (κ2) is 14.9. The first kappa shape index (κ1) is 34.9. The monoisotopic (exact) mass is 599 g/mol. The number of benzene rings is 1. The second-order valence-electron chi connectivity index (χ2n) is 14.6. The number of hydrogen-bond acceptors (Lipinski definition) is 6. The third-order valence-corrected chi connectivity index (χ3v) is 9.14. The summed E-state index contributed by atoms with van der Waals surface area (Å²) >= 11 is 0. The van der Waals surface area contributed by atoms with Crippen LogP contribution in [0.2, 0.25) is 0 Å². The van der Waals surface area contributed by atoms with Crippen molar-refractivity contribution < 1.29 is 23.9 Å². The van der Waals surface area contributed by atoms with Crippen LogP contribution in [0.25, 0.3) is 0 Å². The van der Waals surface area contributed by atoms with Gasteiger partial charge < -0.3 is 14.8 Å². The van der Waals surface area contributed by atoms with Gasteiger partial charge in [-0.3, -0.25) is 19.8 Å². The molecule has 1 heterocycles. The first-order valence-electron chi connectivity index (χ1n) is 16.5. The third kappa shape index (κ3) is 9.69. The molecule has 8 nitrogen and oxygen atoms in total. The SMILES string of the molecule is CC[C@H](C)[C@H](Nc1ccccc1)C(=O)NC(=O)[C@@H](C[C@@H]1OC(C)(C)N(C(=O)OC(C)(C)C)[C@H]1CC1CCCCC1)C(C)C. The highest BCUT2D eigenvalue weighted by molar-refractivity contribution is 6.00. The van der Waals surface area contributed by atoms with E-state index in [4.69, 9.17) is 9.47 Å². The van der Waals surface area contributed by atoms with E-state index >= 15 is 0 Å². The van der Waals surface area contributed by atoms with Gasteiger partial charge in [0.15, 0.2) is 0 Å². The van der Waals surface area contributed by atoms with Crippen molar-refractivity contribution in [2.75, 3.05) is 5.32 Å². The molecule has 0 unspecified atom stereocenters. The summed E-state index contributed by atoms with van der Waals surface area (Å²) in [6.07, 6.45) is 7.21. The van der Waals surface area contributed by atoms with Gasteiger partial charge in [-0.15, -0.1) is 0 Å². The van der Waals surface area contributed by atoms with Crippen molar-refractivity contribution in [3.8, 4) is 0 Å². The normalized spacial score (nSPS) is 23.0. The fourth-order valence-electron chi connectivity index (χ4n) is 6.60. The second-order valence-corrected chi connectivity index (χ2v) is 14.6. The molecule has 242 valence electrons. The van der Waals surface area contributed by atoms with Crippen LogP contribution in [0, 0.1) is 23.7 Å². The Balaban J connectivity index is 1.82. The van der Waals surface area contributed by atoms with E-state index < -0.39 is 23.3 Å². The molecule has 43 heavy (non-hydrogen) atoms. The van der Waals surface area contributed by atoms with Crippen LogP contribution < -0.4 is 10.6 Å². The lowest BCUT2D eigenvalue weighted by Crippen LogP contribution is -2.51. The quantitative estimate of drug-likeness (QED) is 0.273. The first-order chi connectivity index (χ1) is 20.1. The molecule has 3 amide bonds. The number of para-hydroxylation sites is 1. The van der Waals surface area contributed by atoms with Gasteiger partial charge >= 0.3 is 6.09 Å². The number of ether oxygens (including phenoxy) is 2. The lowest BCUT2D eigenvalue weighted by molar-refractivity contribution is -0.136. The maximum absolute atomic E-state index is 13.8. The molecule has 3 rings (SSSR count). The van der Waals surface area contributed by atoms with E-state index in [1.807, 2.05) is 92.6 Å². The Labute approximate surface area is 260 Å². The van der Waals surface area contributed by atoms with E-state index in [0.717, 1.165) is 31.4 Å². The smallest absolute Gasteiger partial charge is 0.412 e. The van der Waals surface area contributed by atoms with Gasteiger partial charge in [0.1, 0.15) is 17.4 Å². The average Bonchev–Trinajstić information content (AvgIpc) is 3.18. The van der Waals surface area contributed by atoms with Crippen molar-refractivity contribution in [1.29, 1.82) is 0 Å². The van der Waals surface area contributed by atoms with Gasteiger partial charge in [-0.2, -0.15) is 0 Å². The molecule has 1 aromatic rings. The van der Waals surface area contributed by atoms with Gasteiger partial charge in [0.05, 0.1) is 12.1 Å². The van der Waals surface area contributed by atoms with Crippen LogP contribution in [-0.2, 0) is 19.1 Å². The van der Waals surface area contributed by atoms with Gasteiger partial charge in [0.2, 0.25) is 11.8 Å². The molecule has 1 aromatic carbocycles. The molecule has 2 N–H and O–H groups in total. The summed E-state index contributed by atoms with van der Waals surface area (Å²) in [5.41, 5.74) is -0.687. The van der Waals surface area contributed by atoms with Gasteiger partial charge in [-0.1, -0.05) is 84.4 Å². The number of amides is 3. The van der Waals surface area contributed by atoms with Crippen LogP contribution in [0.4, 0.5) is 10.5 Å². The molecule has 1 saturated heterocycles. The lowest BCUT2D eigenvalue weighted by atomic mass is 9.81. The lowest BCUT2D eigenvalue weighted by Gasteiger charge is -2.37. The van der Waals surface area contributed by atoms with Crippen molar-refractivity contribution in [3.05, 3.63) is 30.3 Å². The van der Waals surface area contributed by atoms with E-state index in [0.29, 0.717) is 12.3 Å². The molecule has 2 aliphatic rings. The summed E-state index contributed by atoms with van der Waals surface area (Å²) in [6.45, 7) is 17.5. The Kier molecular flexibility index (Phi) is 12.1. The zero-order valence-corrected chi connectivity index (χ0v) is 28.1. The number of nitrogens with one attached hydrogen (secondary N) is 2. The van der Waals surface area contributed by atoms with Crippen LogP contribution in [0.5, 0.6) is 0 Å². The van der Waals surface area contributed by atoms with Crippen LogP contribution >= 0.6 is 0 Å². The van der Waals surface area contributed by atoms with Crippen molar-refractivity contribution in [1.82, 2.24) is 10.2 Å². The molecule has 0 bridgehead atoms. The van der Waals surface area contributed by atoms with Crippen LogP contribution in [0.3, 0.4) is 0 Å². The number of imide groups is 1. The molecule has 5 atom stereocenters. The average molecular weight is 600 g/mol.